The number of furan rings is 1. The fraction of sp³-hybridized carbons (Fsp3) is 0.750. The summed E-state index contributed by atoms with van der Waals surface area (Å²) in [6, 6.07) is 2.02. The molecule has 0 aliphatic rings. The van der Waals surface area contributed by atoms with Crippen molar-refractivity contribution < 1.29 is 9.15 Å². The molecule has 0 aliphatic carbocycles. The maximum Gasteiger partial charge on any atom is 0.133 e. The monoisotopic (exact) mass is 282 g/mol. The van der Waals surface area contributed by atoms with Crippen LogP contribution in [-0.4, -0.2) is 37.7 Å². The molecule has 0 atom stereocenters. The van der Waals surface area contributed by atoms with Crippen molar-refractivity contribution in [2.24, 2.45) is 5.92 Å². The van der Waals surface area contributed by atoms with E-state index in [1.807, 2.05) is 6.07 Å². The molecule has 4 heteroatoms. The van der Waals surface area contributed by atoms with Crippen molar-refractivity contribution in [3.8, 4) is 0 Å². The van der Waals surface area contributed by atoms with Crippen LogP contribution in [0.1, 0.15) is 39.0 Å². The minimum Gasteiger partial charge on any atom is -0.467 e. The molecule has 0 saturated carbocycles. The third-order valence-corrected chi connectivity index (χ3v) is 3.60. The van der Waals surface area contributed by atoms with Gasteiger partial charge in [0, 0.05) is 17.6 Å². The zero-order valence-corrected chi connectivity index (χ0v) is 13.8. The highest BCUT2D eigenvalue weighted by atomic mass is 16.5. The van der Waals surface area contributed by atoms with Gasteiger partial charge in [-0.15, -0.1) is 0 Å². The Morgan fingerprint density at radius 3 is 2.65 bits per heavy atom. The summed E-state index contributed by atoms with van der Waals surface area (Å²) in [5.74, 6) is 1.58. The quantitative estimate of drug-likeness (QED) is 0.756. The number of nitrogens with one attached hydrogen (secondary N) is 1. The molecule has 1 aromatic rings. The molecule has 116 valence electrons. The van der Waals surface area contributed by atoms with Crippen LogP contribution >= 0.6 is 0 Å². The van der Waals surface area contributed by atoms with E-state index in [4.69, 9.17) is 9.15 Å². The summed E-state index contributed by atoms with van der Waals surface area (Å²) in [4.78, 5) is 2.17. The van der Waals surface area contributed by atoms with Crippen LogP contribution in [0.5, 0.6) is 0 Å². The fourth-order valence-corrected chi connectivity index (χ4v) is 1.67. The lowest BCUT2D eigenvalue weighted by molar-refractivity contribution is 0.0205. The predicted octanol–water partition coefficient (Wildman–Crippen LogP) is 2.88. The minimum atomic E-state index is 0.0304. The standard InChI is InChI=1S/C16H30N2O2/c1-13(2)9-17-10-14-7-8-20-15(14)11-19-12-16(3,4)18(5)6/h7-8,13,17H,9-12H2,1-6H3. The zero-order chi connectivity index (χ0) is 15.2. The largest absolute Gasteiger partial charge is 0.467 e. The van der Waals surface area contributed by atoms with Crippen molar-refractivity contribution in [1.82, 2.24) is 10.2 Å². The summed E-state index contributed by atoms with van der Waals surface area (Å²) in [6.07, 6.45) is 1.74. The fourth-order valence-electron chi connectivity index (χ4n) is 1.67. The Balaban J connectivity index is 2.39. The Hall–Kier alpha value is -0.840. The molecule has 1 rings (SSSR count). The molecular weight excluding hydrogens is 252 g/mol. The molecule has 0 bridgehead atoms. The van der Waals surface area contributed by atoms with E-state index in [2.05, 4.69) is 52.0 Å². The van der Waals surface area contributed by atoms with Gasteiger partial charge in [-0.3, -0.25) is 0 Å². The predicted molar refractivity (Wildman–Crippen MR) is 82.7 cm³/mol. The smallest absolute Gasteiger partial charge is 0.133 e. The zero-order valence-electron chi connectivity index (χ0n) is 13.8. The first-order valence-electron chi connectivity index (χ1n) is 7.34. The molecular formula is C16H30N2O2. The molecule has 1 N–H and O–H groups in total. The second-order valence-electron chi connectivity index (χ2n) is 6.59. The highest BCUT2D eigenvalue weighted by molar-refractivity contribution is 5.16. The van der Waals surface area contributed by atoms with Crippen LogP contribution in [-0.2, 0) is 17.9 Å². The van der Waals surface area contributed by atoms with E-state index >= 15 is 0 Å². The van der Waals surface area contributed by atoms with Crippen molar-refractivity contribution in [3.05, 3.63) is 23.7 Å². The van der Waals surface area contributed by atoms with E-state index in [1.54, 1.807) is 6.26 Å². The van der Waals surface area contributed by atoms with E-state index < -0.39 is 0 Å². The van der Waals surface area contributed by atoms with Gasteiger partial charge in [-0.25, -0.2) is 0 Å². The van der Waals surface area contributed by atoms with Gasteiger partial charge in [-0.05, 0) is 46.5 Å². The number of nitrogens with zero attached hydrogens (tertiary/aromatic N) is 1. The first-order chi connectivity index (χ1) is 9.33. The lowest BCUT2D eigenvalue weighted by atomic mass is 10.1. The summed E-state index contributed by atoms with van der Waals surface area (Å²) in [6.45, 7) is 11.8. The molecule has 0 saturated heterocycles. The average molecular weight is 282 g/mol. The number of hydrogen-bond donors (Lipinski definition) is 1. The van der Waals surface area contributed by atoms with Gasteiger partial charge < -0.3 is 19.4 Å². The molecule has 0 unspecified atom stereocenters. The van der Waals surface area contributed by atoms with Crippen molar-refractivity contribution in [2.75, 3.05) is 27.2 Å². The first-order valence-corrected chi connectivity index (χ1v) is 7.34. The van der Waals surface area contributed by atoms with Crippen LogP contribution in [0.15, 0.2) is 16.7 Å². The lowest BCUT2D eigenvalue weighted by Gasteiger charge is -2.32. The van der Waals surface area contributed by atoms with Gasteiger partial charge in [0.15, 0.2) is 0 Å². The van der Waals surface area contributed by atoms with Crippen LogP contribution in [0.3, 0.4) is 0 Å². The summed E-state index contributed by atoms with van der Waals surface area (Å²) in [5.41, 5.74) is 1.22. The van der Waals surface area contributed by atoms with Gasteiger partial charge in [-0.2, -0.15) is 0 Å². The normalized spacial score (nSPS) is 12.6. The second-order valence-corrected chi connectivity index (χ2v) is 6.59. The Morgan fingerprint density at radius 1 is 1.35 bits per heavy atom. The van der Waals surface area contributed by atoms with Gasteiger partial charge in [0.2, 0.25) is 0 Å². The topological polar surface area (TPSA) is 37.6 Å². The Labute approximate surface area is 123 Å². The van der Waals surface area contributed by atoms with Crippen LogP contribution in [0, 0.1) is 5.92 Å². The summed E-state index contributed by atoms with van der Waals surface area (Å²) < 4.78 is 11.3. The molecule has 4 nitrogen and oxygen atoms in total. The minimum absolute atomic E-state index is 0.0304. The molecule has 0 fully saturated rings. The number of rotatable bonds is 9. The highest BCUT2D eigenvalue weighted by Crippen LogP contribution is 2.15. The van der Waals surface area contributed by atoms with Crippen molar-refractivity contribution in [3.63, 3.8) is 0 Å². The molecule has 0 amide bonds. The van der Waals surface area contributed by atoms with Gasteiger partial charge in [0.25, 0.3) is 0 Å². The number of hydrogen-bond acceptors (Lipinski definition) is 4. The van der Waals surface area contributed by atoms with Crippen molar-refractivity contribution in [1.29, 1.82) is 0 Å². The number of likely N-dealkylation sites (N-methyl/N-ethyl adjacent to an activating group) is 1. The SMILES string of the molecule is CC(C)CNCc1ccoc1COCC(C)(C)N(C)C. The molecule has 0 spiro atoms. The maximum absolute atomic E-state index is 5.81. The second kappa shape index (κ2) is 7.81. The lowest BCUT2D eigenvalue weighted by Crippen LogP contribution is -2.42. The Morgan fingerprint density at radius 2 is 2.05 bits per heavy atom. The van der Waals surface area contributed by atoms with E-state index in [0.717, 1.165) is 18.8 Å². The molecule has 0 radical (unpaired) electrons. The third-order valence-electron chi connectivity index (χ3n) is 3.60. The first kappa shape index (κ1) is 17.2. The number of ether oxygens (including phenoxy) is 1. The van der Waals surface area contributed by atoms with Crippen molar-refractivity contribution >= 4 is 0 Å². The molecule has 1 heterocycles. The molecule has 0 aliphatic heterocycles. The van der Waals surface area contributed by atoms with E-state index in [9.17, 15) is 0 Å². The molecule has 20 heavy (non-hydrogen) atoms. The molecule has 0 aromatic carbocycles. The highest BCUT2D eigenvalue weighted by Gasteiger charge is 2.21. The summed E-state index contributed by atoms with van der Waals surface area (Å²) in [5, 5.41) is 3.43. The van der Waals surface area contributed by atoms with Gasteiger partial charge in [0.05, 0.1) is 12.9 Å². The maximum atomic E-state index is 5.81. The van der Waals surface area contributed by atoms with Gasteiger partial charge in [-0.1, -0.05) is 13.8 Å². The Bertz CT molecular complexity index is 384. The van der Waals surface area contributed by atoms with Crippen molar-refractivity contribution in [2.45, 2.75) is 46.4 Å². The summed E-state index contributed by atoms with van der Waals surface area (Å²) in [7, 11) is 4.13. The van der Waals surface area contributed by atoms with Gasteiger partial charge in [0.1, 0.15) is 12.4 Å². The third kappa shape index (κ3) is 5.65. The van der Waals surface area contributed by atoms with E-state index in [-0.39, 0.29) is 5.54 Å². The van der Waals surface area contributed by atoms with E-state index in [1.165, 1.54) is 5.56 Å². The van der Waals surface area contributed by atoms with E-state index in [0.29, 0.717) is 19.1 Å². The summed E-state index contributed by atoms with van der Waals surface area (Å²) >= 11 is 0. The van der Waals surface area contributed by atoms with Crippen LogP contribution < -0.4 is 5.32 Å². The van der Waals surface area contributed by atoms with Crippen LogP contribution in [0.2, 0.25) is 0 Å². The molecule has 1 aromatic heterocycles. The Kier molecular flexibility index (Phi) is 6.72. The van der Waals surface area contributed by atoms with Gasteiger partial charge >= 0.3 is 0 Å². The van der Waals surface area contributed by atoms with Crippen LogP contribution in [0.4, 0.5) is 0 Å². The van der Waals surface area contributed by atoms with Crippen LogP contribution in [0.25, 0.3) is 0 Å². The average Bonchev–Trinajstić information content (AvgIpc) is 2.76.